The molecule has 1 aromatic rings. The van der Waals surface area contributed by atoms with E-state index in [2.05, 4.69) is 32.9 Å². The third kappa shape index (κ3) is 3.43. The fourth-order valence-corrected chi connectivity index (χ4v) is 4.78. The van der Waals surface area contributed by atoms with E-state index in [1.165, 1.54) is 10.5 Å². The molecule has 1 aromatic heterocycles. The molecular formula is C20H28N6O2. The van der Waals surface area contributed by atoms with E-state index in [1.54, 1.807) is 11.7 Å². The van der Waals surface area contributed by atoms with E-state index in [4.69, 9.17) is 0 Å². The molecule has 4 atom stereocenters. The lowest BCUT2D eigenvalue weighted by molar-refractivity contribution is -0.140. The molecule has 0 radical (unpaired) electrons. The van der Waals surface area contributed by atoms with Crippen LogP contribution in [0.5, 0.6) is 0 Å². The van der Waals surface area contributed by atoms with Crippen molar-refractivity contribution in [2.24, 2.45) is 35.7 Å². The molecule has 2 bridgehead atoms. The van der Waals surface area contributed by atoms with E-state index in [1.807, 2.05) is 19.4 Å². The Morgan fingerprint density at radius 3 is 2.46 bits per heavy atom. The number of likely N-dealkylation sites (tertiary alicyclic amines) is 1. The van der Waals surface area contributed by atoms with E-state index < -0.39 is 0 Å². The molecule has 2 N–H and O–H groups in total. The Labute approximate surface area is 165 Å². The maximum Gasteiger partial charge on any atom is 0.233 e. The molecule has 1 saturated carbocycles. The number of nitrogens with zero attached hydrogens (tertiary/aromatic N) is 4. The third-order valence-corrected chi connectivity index (χ3v) is 6.10. The van der Waals surface area contributed by atoms with Gasteiger partial charge in [0.05, 0.1) is 18.0 Å². The molecule has 8 heteroatoms. The second-order valence-corrected chi connectivity index (χ2v) is 7.88. The summed E-state index contributed by atoms with van der Waals surface area (Å²) in [4.78, 5) is 31.0. The Kier molecular flexibility index (Phi) is 5.19. The van der Waals surface area contributed by atoms with Crippen LogP contribution in [0.3, 0.4) is 0 Å². The molecular weight excluding hydrogens is 356 g/mol. The maximum atomic E-state index is 12.7. The van der Waals surface area contributed by atoms with Gasteiger partial charge in [0.1, 0.15) is 0 Å². The van der Waals surface area contributed by atoms with Gasteiger partial charge in [0.25, 0.3) is 0 Å². The molecule has 4 rings (SSSR count). The summed E-state index contributed by atoms with van der Waals surface area (Å²) in [5.41, 5.74) is 1.17. The second-order valence-electron chi connectivity index (χ2n) is 7.88. The van der Waals surface area contributed by atoms with Crippen LogP contribution < -0.4 is 10.6 Å². The monoisotopic (exact) mass is 384 g/mol. The molecule has 1 aliphatic heterocycles. The number of hydrogen-bond acceptors (Lipinski definition) is 4. The highest BCUT2D eigenvalue weighted by atomic mass is 16.2. The summed E-state index contributed by atoms with van der Waals surface area (Å²) in [5, 5.41) is 10.7. The molecule has 1 saturated heterocycles. The summed E-state index contributed by atoms with van der Waals surface area (Å²) in [6, 6.07) is 0. The number of hydrogen-bond donors (Lipinski definition) is 2. The number of aromatic nitrogens is 2. The number of aliphatic imine (C=N–C) groups is 1. The Bertz CT molecular complexity index is 783. The van der Waals surface area contributed by atoms with Crippen molar-refractivity contribution in [1.29, 1.82) is 0 Å². The van der Waals surface area contributed by atoms with Gasteiger partial charge in [-0.3, -0.25) is 24.2 Å². The topological polar surface area (TPSA) is 91.6 Å². The standard InChI is InChI=1S/C20H28N6O2/c1-21-20(23-8-6-13-11-24-25(2)12-13)22-7-3-9-26-18(27)16-14-4-5-15(10-14)17(16)19(26)28/h4-5,11-12,14-17H,3,6-10H2,1-2H3,(H2,21,22,23). The van der Waals surface area contributed by atoms with Gasteiger partial charge in [-0.2, -0.15) is 5.10 Å². The summed E-state index contributed by atoms with van der Waals surface area (Å²) in [6.45, 7) is 1.89. The van der Waals surface area contributed by atoms with Crippen LogP contribution in [-0.4, -0.2) is 59.1 Å². The lowest BCUT2D eigenvalue weighted by Gasteiger charge is -2.18. The first-order valence-corrected chi connectivity index (χ1v) is 10.0. The molecule has 2 fully saturated rings. The normalized spacial score (nSPS) is 28.4. The van der Waals surface area contributed by atoms with Gasteiger partial charge in [0.2, 0.25) is 11.8 Å². The highest BCUT2D eigenvalue weighted by molar-refractivity contribution is 6.06. The van der Waals surface area contributed by atoms with Crippen LogP contribution in [-0.2, 0) is 23.1 Å². The predicted octanol–water partition coefficient (Wildman–Crippen LogP) is 0.325. The molecule has 0 spiro atoms. The van der Waals surface area contributed by atoms with Crippen LogP contribution in [0.2, 0.25) is 0 Å². The summed E-state index contributed by atoms with van der Waals surface area (Å²) in [6.07, 6.45) is 10.7. The fourth-order valence-electron chi connectivity index (χ4n) is 4.78. The average Bonchev–Trinajstić information content (AvgIpc) is 3.44. The van der Waals surface area contributed by atoms with Gasteiger partial charge in [0.15, 0.2) is 5.96 Å². The molecule has 150 valence electrons. The highest BCUT2D eigenvalue weighted by Gasteiger charge is 2.58. The van der Waals surface area contributed by atoms with Crippen molar-refractivity contribution in [3.8, 4) is 0 Å². The minimum absolute atomic E-state index is 0.0332. The number of imide groups is 1. The molecule has 2 amide bonds. The summed E-state index contributed by atoms with van der Waals surface area (Å²) >= 11 is 0. The average molecular weight is 384 g/mol. The molecule has 3 aliphatic rings. The van der Waals surface area contributed by atoms with E-state index in [9.17, 15) is 9.59 Å². The SMILES string of the molecule is CN=C(NCCCN1C(=O)C2C3C=CC(C3)C2C1=O)NCCc1cnn(C)c1. The minimum atomic E-state index is -0.0997. The quantitative estimate of drug-likeness (QED) is 0.232. The van der Waals surface area contributed by atoms with Gasteiger partial charge in [-0.1, -0.05) is 12.2 Å². The van der Waals surface area contributed by atoms with Crippen molar-refractivity contribution in [3.63, 3.8) is 0 Å². The van der Waals surface area contributed by atoms with E-state index in [0.717, 1.165) is 25.3 Å². The molecule has 28 heavy (non-hydrogen) atoms. The molecule has 8 nitrogen and oxygen atoms in total. The predicted molar refractivity (Wildman–Crippen MR) is 105 cm³/mol. The summed E-state index contributed by atoms with van der Waals surface area (Å²) in [5.74, 6) is 1.14. The van der Waals surface area contributed by atoms with E-state index >= 15 is 0 Å². The van der Waals surface area contributed by atoms with Crippen LogP contribution in [0.1, 0.15) is 18.4 Å². The number of amides is 2. The first kappa shape index (κ1) is 18.7. The van der Waals surface area contributed by atoms with Crippen LogP contribution >= 0.6 is 0 Å². The Morgan fingerprint density at radius 1 is 1.18 bits per heavy atom. The van der Waals surface area contributed by atoms with Crippen LogP contribution in [0.15, 0.2) is 29.5 Å². The molecule has 0 aromatic carbocycles. The van der Waals surface area contributed by atoms with Crippen molar-refractivity contribution in [2.75, 3.05) is 26.7 Å². The first-order chi connectivity index (χ1) is 13.6. The minimum Gasteiger partial charge on any atom is -0.356 e. The zero-order chi connectivity index (χ0) is 19.7. The van der Waals surface area contributed by atoms with Gasteiger partial charge in [-0.25, -0.2) is 0 Å². The number of fused-ring (bicyclic) bond motifs is 5. The number of allylic oxidation sites excluding steroid dienone is 2. The second kappa shape index (κ2) is 7.77. The number of carbonyl (C=O) groups excluding carboxylic acids is 2. The number of carbonyl (C=O) groups is 2. The zero-order valence-electron chi connectivity index (χ0n) is 16.5. The van der Waals surface area contributed by atoms with Crippen LogP contribution in [0.25, 0.3) is 0 Å². The number of aryl methyl sites for hydroxylation is 1. The molecule has 4 unspecified atom stereocenters. The van der Waals surface area contributed by atoms with E-state index in [-0.39, 0.29) is 35.5 Å². The van der Waals surface area contributed by atoms with Crippen molar-refractivity contribution < 1.29 is 9.59 Å². The largest absolute Gasteiger partial charge is 0.356 e. The van der Waals surface area contributed by atoms with Crippen LogP contribution in [0, 0.1) is 23.7 Å². The van der Waals surface area contributed by atoms with Gasteiger partial charge in [-0.05, 0) is 36.7 Å². The number of nitrogens with one attached hydrogen (secondary N) is 2. The smallest absolute Gasteiger partial charge is 0.233 e. The van der Waals surface area contributed by atoms with Gasteiger partial charge in [0, 0.05) is 39.9 Å². The Balaban J connectivity index is 1.18. The van der Waals surface area contributed by atoms with Gasteiger partial charge < -0.3 is 10.6 Å². The van der Waals surface area contributed by atoms with Crippen molar-refractivity contribution in [2.45, 2.75) is 19.3 Å². The number of guanidine groups is 1. The summed E-state index contributed by atoms with van der Waals surface area (Å²) in [7, 11) is 3.64. The van der Waals surface area contributed by atoms with Crippen molar-refractivity contribution in [1.82, 2.24) is 25.3 Å². The lowest BCUT2D eigenvalue weighted by atomic mass is 9.85. The molecule has 2 aliphatic carbocycles. The highest BCUT2D eigenvalue weighted by Crippen LogP contribution is 2.52. The first-order valence-electron chi connectivity index (χ1n) is 10.0. The number of rotatable bonds is 7. The van der Waals surface area contributed by atoms with E-state index in [0.29, 0.717) is 19.5 Å². The van der Waals surface area contributed by atoms with Crippen molar-refractivity contribution in [3.05, 3.63) is 30.1 Å². The van der Waals surface area contributed by atoms with Gasteiger partial charge >= 0.3 is 0 Å². The summed E-state index contributed by atoms with van der Waals surface area (Å²) < 4.78 is 1.79. The van der Waals surface area contributed by atoms with Crippen molar-refractivity contribution >= 4 is 17.8 Å². The van der Waals surface area contributed by atoms with Gasteiger partial charge in [-0.15, -0.1) is 0 Å². The zero-order valence-corrected chi connectivity index (χ0v) is 16.5. The Morgan fingerprint density at radius 2 is 1.86 bits per heavy atom. The fraction of sp³-hybridized carbons (Fsp3) is 0.600. The lowest BCUT2D eigenvalue weighted by Crippen LogP contribution is -2.40. The maximum absolute atomic E-state index is 12.7. The Hall–Kier alpha value is -2.64. The van der Waals surface area contributed by atoms with Crippen LogP contribution in [0.4, 0.5) is 0 Å². The third-order valence-electron chi connectivity index (χ3n) is 6.10. The molecule has 2 heterocycles.